The predicted molar refractivity (Wildman–Crippen MR) is 89.3 cm³/mol. The van der Waals surface area contributed by atoms with Gasteiger partial charge in [-0.15, -0.1) is 0 Å². The van der Waals surface area contributed by atoms with Gasteiger partial charge in [-0.1, -0.05) is 34.1 Å². The number of hydrogen-bond acceptors (Lipinski definition) is 3. The highest BCUT2D eigenvalue weighted by Crippen LogP contribution is 2.15. The van der Waals surface area contributed by atoms with Crippen molar-refractivity contribution < 1.29 is 4.74 Å². The highest BCUT2D eigenvalue weighted by atomic mass is 79.9. The Morgan fingerprint density at radius 2 is 1.95 bits per heavy atom. The fourth-order valence-corrected chi connectivity index (χ4v) is 2.20. The van der Waals surface area contributed by atoms with Crippen molar-refractivity contribution in [2.75, 3.05) is 0 Å². The average Bonchev–Trinajstić information content (AvgIpc) is 2.43. The van der Waals surface area contributed by atoms with Gasteiger partial charge < -0.3 is 10.1 Å². The molecule has 1 N–H and O–H groups in total. The summed E-state index contributed by atoms with van der Waals surface area (Å²) < 4.78 is 6.75. The molecule has 0 unspecified atom stereocenters. The first-order valence-corrected chi connectivity index (χ1v) is 7.79. The first-order valence-electron chi connectivity index (χ1n) is 6.99. The van der Waals surface area contributed by atoms with Crippen molar-refractivity contribution in [1.82, 2.24) is 10.3 Å². The van der Waals surface area contributed by atoms with Gasteiger partial charge in [0.15, 0.2) is 0 Å². The van der Waals surface area contributed by atoms with E-state index in [0.29, 0.717) is 12.5 Å². The van der Waals surface area contributed by atoms with E-state index < -0.39 is 0 Å². The van der Waals surface area contributed by atoms with Crippen LogP contribution in [0.2, 0.25) is 0 Å². The van der Waals surface area contributed by atoms with Crippen LogP contribution in [-0.4, -0.2) is 10.5 Å². The summed E-state index contributed by atoms with van der Waals surface area (Å²) in [6, 6.07) is 12.0. The van der Waals surface area contributed by atoms with Gasteiger partial charge in [-0.3, -0.25) is 0 Å². The summed E-state index contributed by atoms with van der Waals surface area (Å²) in [5.41, 5.74) is 2.37. The maximum absolute atomic E-state index is 5.70. The van der Waals surface area contributed by atoms with E-state index in [4.69, 9.17) is 4.74 Å². The van der Waals surface area contributed by atoms with Gasteiger partial charge in [-0.2, -0.15) is 0 Å². The number of rotatable bonds is 5. The Balaban J connectivity index is 1.87. The molecule has 1 aromatic carbocycles. The molecule has 3 nitrogen and oxygen atoms in total. The Morgan fingerprint density at radius 3 is 2.57 bits per heavy atom. The number of benzene rings is 1. The van der Waals surface area contributed by atoms with Crippen LogP contribution in [0.25, 0.3) is 0 Å². The summed E-state index contributed by atoms with van der Waals surface area (Å²) >= 11 is 3.45. The molecule has 0 atom stereocenters. The van der Waals surface area contributed by atoms with Crippen LogP contribution in [-0.2, 0) is 13.2 Å². The fraction of sp³-hybridized carbons (Fsp3) is 0.353. The van der Waals surface area contributed by atoms with E-state index >= 15 is 0 Å². The smallest absolute Gasteiger partial charge is 0.213 e. The van der Waals surface area contributed by atoms with Crippen molar-refractivity contribution in [2.24, 2.45) is 0 Å². The van der Waals surface area contributed by atoms with Crippen LogP contribution in [0.3, 0.4) is 0 Å². The molecule has 0 saturated carbocycles. The average molecular weight is 349 g/mol. The van der Waals surface area contributed by atoms with Crippen molar-refractivity contribution in [3.05, 3.63) is 58.2 Å². The van der Waals surface area contributed by atoms with Crippen molar-refractivity contribution in [1.29, 1.82) is 0 Å². The van der Waals surface area contributed by atoms with Crippen LogP contribution < -0.4 is 10.1 Å². The molecule has 0 radical (unpaired) electrons. The molecule has 1 heterocycles. The largest absolute Gasteiger partial charge is 0.473 e. The van der Waals surface area contributed by atoms with Crippen molar-refractivity contribution in [2.45, 2.75) is 39.5 Å². The quantitative estimate of drug-likeness (QED) is 0.873. The number of halogens is 1. The lowest BCUT2D eigenvalue weighted by atomic mass is 10.1. The zero-order valence-electron chi connectivity index (χ0n) is 12.7. The molecule has 1 aromatic heterocycles. The molecule has 0 aliphatic carbocycles. The summed E-state index contributed by atoms with van der Waals surface area (Å²) in [5, 5.41) is 3.44. The van der Waals surface area contributed by atoms with Crippen LogP contribution in [0.5, 0.6) is 5.88 Å². The van der Waals surface area contributed by atoms with Gasteiger partial charge in [0.1, 0.15) is 6.61 Å². The number of nitrogens with one attached hydrogen (secondary N) is 1. The monoisotopic (exact) mass is 348 g/mol. The molecular formula is C17H21BrN2O. The maximum Gasteiger partial charge on any atom is 0.213 e. The number of pyridine rings is 1. The Labute approximate surface area is 134 Å². The second-order valence-electron chi connectivity index (χ2n) is 6.03. The van der Waals surface area contributed by atoms with E-state index in [-0.39, 0.29) is 5.54 Å². The molecule has 0 aliphatic rings. The molecule has 2 aromatic rings. The molecular weight excluding hydrogens is 328 g/mol. The van der Waals surface area contributed by atoms with E-state index in [1.54, 1.807) is 0 Å². The molecule has 0 saturated heterocycles. The highest BCUT2D eigenvalue weighted by molar-refractivity contribution is 9.10. The topological polar surface area (TPSA) is 34.1 Å². The maximum atomic E-state index is 5.70. The van der Waals surface area contributed by atoms with Gasteiger partial charge in [0, 0.05) is 28.8 Å². The summed E-state index contributed by atoms with van der Waals surface area (Å²) in [6.45, 7) is 7.77. The molecule has 4 heteroatoms. The lowest BCUT2D eigenvalue weighted by Gasteiger charge is -2.20. The van der Waals surface area contributed by atoms with E-state index in [1.165, 1.54) is 0 Å². The number of nitrogens with zero attached hydrogens (tertiary/aromatic N) is 1. The standard InChI is InChI=1S/C17H21BrN2O/c1-17(2,3)20-11-14-7-8-16(19-10-14)21-12-13-5-4-6-15(18)9-13/h4-10,20H,11-12H2,1-3H3. The Hall–Kier alpha value is -1.39. The minimum atomic E-state index is 0.107. The zero-order chi connectivity index (χ0) is 15.3. The molecule has 21 heavy (non-hydrogen) atoms. The second kappa shape index (κ2) is 7.05. The molecule has 2 rings (SSSR count). The summed E-state index contributed by atoms with van der Waals surface area (Å²) in [6.07, 6.45) is 1.86. The van der Waals surface area contributed by atoms with Crippen LogP contribution in [0.15, 0.2) is 47.1 Å². The van der Waals surface area contributed by atoms with E-state index in [9.17, 15) is 0 Å². The molecule has 0 bridgehead atoms. The first kappa shape index (κ1) is 16.0. The zero-order valence-corrected chi connectivity index (χ0v) is 14.3. The Morgan fingerprint density at radius 1 is 1.14 bits per heavy atom. The van der Waals surface area contributed by atoms with Crippen LogP contribution in [0.4, 0.5) is 0 Å². The second-order valence-corrected chi connectivity index (χ2v) is 6.94. The lowest BCUT2D eigenvalue weighted by Crippen LogP contribution is -2.35. The van der Waals surface area contributed by atoms with Crippen LogP contribution in [0.1, 0.15) is 31.9 Å². The van der Waals surface area contributed by atoms with Crippen molar-refractivity contribution in [3.63, 3.8) is 0 Å². The first-order chi connectivity index (χ1) is 9.92. The third-order valence-electron chi connectivity index (χ3n) is 2.90. The molecule has 0 aliphatic heterocycles. The molecule has 0 spiro atoms. The summed E-state index contributed by atoms with van der Waals surface area (Å²) in [5.74, 6) is 0.648. The van der Waals surface area contributed by atoms with Crippen molar-refractivity contribution >= 4 is 15.9 Å². The Bertz CT molecular complexity index is 576. The van der Waals surface area contributed by atoms with Crippen LogP contribution >= 0.6 is 15.9 Å². The third kappa shape index (κ3) is 5.86. The third-order valence-corrected chi connectivity index (χ3v) is 3.39. The van der Waals surface area contributed by atoms with E-state index in [0.717, 1.165) is 22.1 Å². The SMILES string of the molecule is CC(C)(C)NCc1ccc(OCc2cccc(Br)c2)nc1. The lowest BCUT2D eigenvalue weighted by molar-refractivity contribution is 0.293. The van der Waals surface area contributed by atoms with Gasteiger partial charge in [-0.05, 0) is 44.0 Å². The highest BCUT2D eigenvalue weighted by Gasteiger charge is 2.08. The minimum Gasteiger partial charge on any atom is -0.473 e. The number of aromatic nitrogens is 1. The summed E-state index contributed by atoms with van der Waals surface area (Å²) in [4.78, 5) is 4.34. The van der Waals surface area contributed by atoms with Gasteiger partial charge in [0.2, 0.25) is 5.88 Å². The normalized spacial score (nSPS) is 11.4. The fourth-order valence-electron chi connectivity index (χ4n) is 1.75. The van der Waals surface area contributed by atoms with Crippen molar-refractivity contribution in [3.8, 4) is 5.88 Å². The van der Waals surface area contributed by atoms with Gasteiger partial charge in [0.25, 0.3) is 0 Å². The number of ether oxygens (including phenoxy) is 1. The summed E-state index contributed by atoms with van der Waals surface area (Å²) in [7, 11) is 0. The van der Waals surface area contributed by atoms with Crippen LogP contribution in [0, 0.1) is 0 Å². The molecule has 0 fully saturated rings. The molecule has 0 amide bonds. The van der Waals surface area contributed by atoms with E-state index in [1.807, 2.05) is 42.6 Å². The van der Waals surface area contributed by atoms with Gasteiger partial charge >= 0.3 is 0 Å². The Kier molecular flexibility index (Phi) is 5.37. The number of hydrogen-bond donors (Lipinski definition) is 1. The molecule has 112 valence electrons. The van der Waals surface area contributed by atoms with E-state index in [2.05, 4.69) is 47.0 Å². The van der Waals surface area contributed by atoms with Gasteiger partial charge in [-0.25, -0.2) is 4.98 Å². The predicted octanol–water partition coefficient (Wildman–Crippen LogP) is 4.31. The van der Waals surface area contributed by atoms with Gasteiger partial charge in [0.05, 0.1) is 0 Å². The minimum absolute atomic E-state index is 0.107.